The number of ether oxygens (including phenoxy) is 2. The van der Waals surface area contributed by atoms with Crippen LogP contribution in [0.2, 0.25) is 0 Å². The first-order chi connectivity index (χ1) is 17.5. The van der Waals surface area contributed by atoms with E-state index in [1.165, 1.54) is 11.0 Å². The monoisotopic (exact) mass is 516 g/mol. The molecule has 2 N–H and O–H groups in total. The van der Waals surface area contributed by atoms with E-state index in [2.05, 4.69) is 10.6 Å². The number of imide groups is 1. The zero-order chi connectivity index (χ0) is 27.2. The average Bonchev–Trinajstić information content (AvgIpc) is 3.09. The van der Waals surface area contributed by atoms with Crippen LogP contribution in [-0.2, 0) is 14.3 Å². The quantitative estimate of drug-likeness (QED) is 0.378. The summed E-state index contributed by atoms with van der Waals surface area (Å²) < 4.78 is 10.1. The average molecular weight is 517 g/mol. The second-order valence-corrected chi connectivity index (χ2v) is 10.3. The van der Waals surface area contributed by atoms with Crippen molar-refractivity contribution in [2.24, 2.45) is 5.92 Å². The zero-order valence-corrected chi connectivity index (χ0v) is 21.9. The standard InChI is InChI=1S/C26H36N4O7/c1-26(2,3)37-25(35)28-16-21(31)27-15-17-8-11-29(12-9-17)22(32)18-6-7-19-20(14-18)24(34)30(23(19)33)10-5-13-36-4/h6-7,14,17H,5,8-13,15-16H2,1-4H3,(H,27,31)(H,28,35). The minimum absolute atomic E-state index is 0.171. The van der Waals surface area contributed by atoms with Crippen molar-refractivity contribution in [1.29, 1.82) is 0 Å². The Balaban J connectivity index is 1.45. The fourth-order valence-electron chi connectivity index (χ4n) is 4.30. The highest BCUT2D eigenvalue weighted by molar-refractivity contribution is 6.22. The van der Waals surface area contributed by atoms with Crippen molar-refractivity contribution in [2.75, 3.05) is 46.4 Å². The SMILES string of the molecule is COCCCN1C(=O)c2ccc(C(=O)N3CCC(CNC(=O)CNC(=O)OC(C)(C)C)CC3)cc2C1=O. The first kappa shape index (κ1) is 28.1. The number of likely N-dealkylation sites (tertiary alicyclic amines) is 1. The Morgan fingerprint density at radius 3 is 2.35 bits per heavy atom. The maximum atomic E-state index is 13.1. The van der Waals surface area contributed by atoms with Gasteiger partial charge in [0.05, 0.1) is 17.7 Å². The zero-order valence-electron chi connectivity index (χ0n) is 21.9. The number of alkyl carbamates (subject to hydrolysis) is 1. The molecule has 1 saturated heterocycles. The van der Waals surface area contributed by atoms with Gasteiger partial charge in [-0.25, -0.2) is 4.79 Å². The molecule has 0 unspecified atom stereocenters. The molecule has 1 aromatic rings. The molecule has 1 aromatic carbocycles. The number of hydrogen-bond acceptors (Lipinski definition) is 7. The summed E-state index contributed by atoms with van der Waals surface area (Å²) in [6.45, 7) is 7.26. The molecule has 0 radical (unpaired) electrons. The molecule has 2 aliphatic rings. The predicted molar refractivity (Wildman–Crippen MR) is 134 cm³/mol. The molecule has 11 heteroatoms. The number of piperidine rings is 1. The number of carbonyl (C=O) groups is 5. The summed E-state index contributed by atoms with van der Waals surface area (Å²) in [6, 6.07) is 4.65. The summed E-state index contributed by atoms with van der Waals surface area (Å²) in [5, 5.41) is 5.24. The molecule has 1 fully saturated rings. The third-order valence-electron chi connectivity index (χ3n) is 6.23. The molecule has 2 heterocycles. The highest BCUT2D eigenvalue weighted by Crippen LogP contribution is 2.26. The Morgan fingerprint density at radius 1 is 1.03 bits per heavy atom. The summed E-state index contributed by atoms with van der Waals surface area (Å²) >= 11 is 0. The number of nitrogens with zero attached hydrogens (tertiary/aromatic N) is 2. The molecule has 0 spiro atoms. The summed E-state index contributed by atoms with van der Waals surface area (Å²) in [5.74, 6) is -1.03. The second kappa shape index (κ2) is 12.2. The molecule has 0 bridgehead atoms. The van der Waals surface area contributed by atoms with E-state index in [4.69, 9.17) is 9.47 Å². The molecule has 37 heavy (non-hydrogen) atoms. The second-order valence-electron chi connectivity index (χ2n) is 10.3. The third kappa shape index (κ3) is 7.51. The Kier molecular flexibility index (Phi) is 9.25. The predicted octanol–water partition coefficient (Wildman–Crippen LogP) is 1.81. The summed E-state index contributed by atoms with van der Waals surface area (Å²) in [6.07, 6.45) is 1.32. The Labute approximate surface area is 216 Å². The fourth-order valence-corrected chi connectivity index (χ4v) is 4.30. The molecule has 0 aliphatic carbocycles. The van der Waals surface area contributed by atoms with Crippen molar-refractivity contribution in [3.63, 3.8) is 0 Å². The van der Waals surface area contributed by atoms with Crippen LogP contribution in [0.15, 0.2) is 18.2 Å². The van der Waals surface area contributed by atoms with Gasteiger partial charge in [-0.15, -0.1) is 0 Å². The van der Waals surface area contributed by atoms with Gasteiger partial charge in [0.25, 0.3) is 17.7 Å². The van der Waals surface area contributed by atoms with Crippen LogP contribution in [-0.4, -0.2) is 91.6 Å². The number of methoxy groups -OCH3 is 1. The number of rotatable bonds is 9. The van der Waals surface area contributed by atoms with Crippen LogP contribution in [0.4, 0.5) is 4.79 Å². The Bertz CT molecular complexity index is 1040. The first-order valence-corrected chi connectivity index (χ1v) is 12.5. The first-order valence-electron chi connectivity index (χ1n) is 12.5. The van der Waals surface area contributed by atoms with Gasteiger partial charge in [-0.1, -0.05) is 0 Å². The van der Waals surface area contributed by atoms with Crippen LogP contribution < -0.4 is 10.6 Å². The lowest BCUT2D eigenvalue weighted by molar-refractivity contribution is -0.120. The van der Waals surface area contributed by atoms with Crippen molar-refractivity contribution in [3.05, 3.63) is 34.9 Å². The van der Waals surface area contributed by atoms with Gasteiger partial charge < -0.3 is 25.0 Å². The van der Waals surface area contributed by atoms with Crippen LogP contribution in [0.3, 0.4) is 0 Å². The highest BCUT2D eigenvalue weighted by atomic mass is 16.6. The number of carbonyl (C=O) groups excluding carboxylic acids is 5. The molecule has 0 saturated carbocycles. The van der Waals surface area contributed by atoms with Gasteiger partial charge in [0.15, 0.2) is 0 Å². The lowest BCUT2D eigenvalue weighted by Crippen LogP contribution is -2.44. The summed E-state index contributed by atoms with van der Waals surface area (Å²) in [5.41, 5.74) is 0.308. The molecular formula is C26H36N4O7. The van der Waals surface area contributed by atoms with Gasteiger partial charge in [-0.2, -0.15) is 0 Å². The topological polar surface area (TPSA) is 134 Å². The van der Waals surface area contributed by atoms with Crippen LogP contribution in [0, 0.1) is 5.92 Å². The minimum atomic E-state index is -0.647. The van der Waals surface area contributed by atoms with Crippen LogP contribution >= 0.6 is 0 Å². The molecule has 5 amide bonds. The van der Waals surface area contributed by atoms with E-state index in [1.54, 1.807) is 44.9 Å². The Morgan fingerprint density at radius 2 is 1.70 bits per heavy atom. The van der Waals surface area contributed by atoms with E-state index < -0.39 is 11.7 Å². The smallest absolute Gasteiger partial charge is 0.408 e. The van der Waals surface area contributed by atoms with E-state index in [0.29, 0.717) is 56.6 Å². The number of benzene rings is 1. The lowest BCUT2D eigenvalue weighted by atomic mass is 9.96. The van der Waals surface area contributed by atoms with Crippen LogP contribution in [0.5, 0.6) is 0 Å². The largest absolute Gasteiger partial charge is 0.444 e. The van der Waals surface area contributed by atoms with Gasteiger partial charge in [-0.05, 0) is 64.2 Å². The molecule has 3 rings (SSSR count). The molecular weight excluding hydrogens is 480 g/mol. The molecule has 0 atom stereocenters. The van der Waals surface area contributed by atoms with Crippen LogP contribution in [0.25, 0.3) is 0 Å². The van der Waals surface area contributed by atoms with Crippen molar-refractivity contribution in [1.82, 2.24) is 20.4 Å². The van der Waals surface area contributed by atoms with Crippen LogP contribution in [0.1, 0.15) is 71.1 Å². The molecule has 11 nitrogen and oxygen atoms in total. The summed E-state index contributed by atoms with van der Waals surface area (Å²) in [4.78, 5) is 65.0. The number of fused-ring (bicyclic) bond motifs is 1. The Hall–Kier alpha value is -3.47. The maximum Gasteiger partial charge on any atom is 0.408 e. The summed E-state index contributed by atoms with van der Waals surface area (Å²) in [7, 11) is 1.56. The fraction of sp³-hybridized carbons (Fsp3) is 0.577. The van der Waals surface area contributed by atoms with Gasteiger partial charge in [0, 0.05) is 45.5 Å². The maximum absolute atomic E-state index is 13.1. The van der Waals surface area contributed by atoms with Crippen molar-refractivity contribution in [3.8, 4) is 0 Å². The highest BCUT2D eigenvalue weighted by Gasteiger charge is 2.36. The normalized spacial score (nSPS) is 16.0. The van der Waals surface area contributed by atoms with Gasteiger partial charge >= 0.3 is 6.09 Å². The van der Waals surface area contributed by atoms with Crippen molar-refractivity contribution < 1.29 is 33.4 Å². The molecule has 2 aliphatic heterocycles. The number of nitrogens with one attached hydrogen (secondary N) is 2. The number of amides is 5. The van der Waals surface area contributed by atoms with E-state index >= 15 is 0 Å². The van der Waals surface area contributed by atoms with E-state index in [9.17, 15) is 24.0 Å². The van der Waals surface area contributed by atoms with Crippen molar-refractivity contribution in [2.45, 2.75) is 45.6 Å². The molecule has 0 aromatic heterocycles. The van der Waals surface area contributed by atoms with E-state index in [1.807, 2.05) is 0 Å². The van der Waals surface area contributed by atoms with Crippen molar-refractivity contribution >= 4 is 29.7 Å². The van der Waals surface area contributed by atoms with Gasteiger partial charge in [-0.3, -0.25) is 24.1 Å². The molecule has 202 valence electrons. The lowest BCUT2D eigenvalue weighted by Gasteiger charge is -2.32. The van der Waals surface area contributed by atoms with Gasteiger partial charge in [0.1, 0.15) is 5.60 Å². The van der Waals surface area contributed by atoms with E-state index in [-0.39, 0.29) is 48.2 Å². The minimum Gasteiger partial charge on any atom is -0.444 e. The van der Waals surface area contributed by atoms with E-state index in [0.717, 1.165) is 0 Å². The third-order valence-corrected chi connectivity index (χ3v) is 6.23. The van der Waals surface area contributed by atoms with Gasteiger partial charge in [0.2, 0.25) is 5.91 Å². The number of hydrogen-bond donors (Lipinski definition) is 2.